The monoisotopic (exact) mass is 558 g/mol. The average Bonchev–Trinajstić information content (AvgIpc) is 2.88. The van der Waals surface area contributed by atoms with Crippen LogP contribution in [-0.4, -0.2) is 73.9 Å². The van der Waals surface area contributed by atoms with E-state index in [0.717, 1.165) is 63.6 Å². The van der Waals surface area contributed by atoms with Crippen molar-refractivity contribution in [2.24, 2.45) is 0 Å². The number of benzene rings is 2. The van der Waals surface area contributed by atoms with Gasteiger partial charge in [-0.05, 0) is 83.5 Å². The molecule has 0 spiro atoms. The molecule has 2 aromatic carbocycles. The molecule has 208 valence electrons. The van der Waals surface area contributed by atoms with Gasteiger partial charge in [0.2, 0.25) is 0 Å². The number of alkyl carbamates (subject to hydrolysis) is 1. The fraction of sp³-hybridized carbons (Fsp3) is 0.567. The van der Waals surface area contributed by atoms with Crippen molar-refractivity contribution in [1.29, 1.82) is 0 Å². The molecule has 2 aromatic rings. The van der Waals surface area contributed by atoms with Crippen molar-refractivity contribution in [2.45, 2.75) is 68.3 Å². The zero-order valence-corrected chi connectivity index (χ0v) is 24.8. The third-order valence-corrected chi connectivity index (χ3v) is 8.34. The molecule has 0 aromatic heterocycles. The van der Waals surface area contributed by atoms with E-state index in [1.54, 1.807) is 0 Å². The van der Waals surface area contributed by atoms with E-state index in [0.29, 0.717) is 6.54 Å². The number of fused-ring (bicyclic) bond motifs is 2. The van der Waals surface area contributed by atoms with Gasteiger partial charge < -0.3 is 24.8 Å². The van der Waals surface area contributed by atoms with Crippen LogP contribution in [0.4, 0.5) is 16.2 Å². The maximum absolute atomic E-state index is 11.7. The van der Waals surface area contributed by atoms with E-state index in [2.05, 4.69) is 56.4 Å². The molecular weight excluding hydrogens is 516 g/mol. The van der Waals surface area contributed by atoms with Crippen LogP contribution in [0.3, 0.4) is 0 Å². The molecule has 0 saturated carbocycles. The largest absolute Gasteiger partial charge is 0.444 e. The number of hydrogen-bond donors (Lipinski definition) is 1. The Morgan fingerprint density at radius 1 is 0.868 bits per heavy atom. The van der Waals surface area contributed by atoms with Gasteiger partial charge in [0.05, 0.1) is 11.4 Å². The standard InChI is InChI=1S/C30H43ClN4O2S/c1-30(2,3)37-29(36)32-15-8-4-5-9-16-33-19-21-34(22-20-33)17-10-18-35-25-11-6-7-12-27(25)38-28-14-13-24(31)23-26(28)35/h6-7,11-14,23H,4-5,8-10,15-22H2,1-3H3,(H,32,36). The average molecular weight is 559 g/mol. The molecular formula is C30H43ClN4O2S. The number of piperazine rings is 1. The normalized spacial score (nSPS) is 16.2. The summed E-state index contributed by atoms with van der Waals surface area (Å²) in [7, 11) is 0. The van der Waals surface area contributed by atoms with Crippen molar-refractivity contribution in [3.05, 3.63) is 47.5 Å². The maximum Gasteiger partial charge on any atom is 0.407 e. The van der Waals surface area contributed by atoms with Gasteiger partial charge in [-0.25, -0.2) is 4.79 Å². The maximum atomic E-state index is 11.7. The molecule has 0 atom stereocenters. The molecule has 1 fully saturated rings. The number of carbonyl (C=O) groups is 1. The number of hydrogen-bond acceptors (Lipinski definition) is 6. The SMILES string of the molecule is CC(C)(C)OC(=O)NCCCCCCN1CCN(CCCN2c3ccccc3Sc3ccc(Cl)cc32)CC1. The smallest absolute Gasteiger partial charge is 0.407 e. The summed E-state index contributed by atoms with van der Waals surface area (Å²) in [5.74, 6) is 0. The summed E-state index contributed by atoms with van der Waals surface area (Å²) in [6.45, 7) is 14.2. The second-order valence-electron chi connectivity index (χ2n) is 11.2. The molecule has 1 saturated heterocycles. The van der Waals surface area contributed by atoms with Crippen molar-refractivity contribution in [1.82, 2.24) is 15.1 Å². The van der Waals surface area contributed by atoms with Crippen LogP contribution < -0.4 is 10.2 Å². The van der Waals surface area contributed by atoms with Gasteiger partial charge in [0.15, 0.2) is 0 Å². The minimum atomic E-state index is -0.437. The van der Waals surface area contributed by atoms with E-state index in [4.69, 9.17) is 16.3 Å². The highest BCUT2D eigenvalue weighted by atomic mass is 35.5. The number of nitrogens with zero attached hydrogens (tertiary/aromatic N) is 3. The number of nitrogens with one attached hydrogen (secondary N) is 1. The first kappa shape index (κ1) is 29.1. The van der Waals surface area contributed by atoms with Crippen molar-refractivity contribution in [3.8, 4) is 0 Å². The Morgan fingerprint density at radius 2 is 1.53 bits per heavy atom. The molecule has 38 heavy (non-hydrogen) atoms. The van der Waals surface area contributed by atoms with Gasteiger partial charge in [-0.3, -0.25) is 0 Å². The predicted molar refractivity (Wildman–Crippen MR) is 159 cm³/mol. The van der Waals surface area contributed by atoms with Crippen LogP contribution in [0.15, 0.2) is 52.3 Å². The molecule has 4 rings (SSSR count). The predicted octanol–water partition coefficient (Wildman–Crippen LogP) is 7.04. The molecule has 6 nitrogen and oxygen atoms in total. The van der Waals surface area contributed by atoms with Gasteiger partial charge in [-0.1, -0.05) is 48.3 Å². The van der Waals surface area contributed by atoms with E-state index in [1.807, 2.05) is 38.6 Å². The third-order valence-electron chi connectivity index (χ3n) is 6.98. The van der Waals surface area contributed by atoms with Crippen LogP contribution in [0.2, 0.25) is 5.02 Å². The van der Waals surface area contributed by atoms with Crippen LogP contribution in [0, 0.1) is 0 Å². The summed E-state index contributed by atoms with van der Waals surface area (Å²) >= 11 is 8.20. The lowest BCUT2D eigenvalue weighted by Gasteiger charge is -2.36. The van der Waals surface area contributed by atoms with Crippen LogP contribution in [0.25, 0.3) is 0 Å². The van der Waals surface area contributed by atoms with Crippen molar-refractivity contribution >= 4 is 40.8 Å². The molecule has 1 amide bonds. The Bertz CT molecular complexity index is 1050. The quantitative estimate of drug-likeness (QED) is 0.299. The van der Waals surface area contributed by atoms with Gasteiger partial charge in [0.25, 0.3) is 0 Å². The Hall–Kier alpha value is -1.93. The van der Waals surface area contributed by atoms with Gasteiger partial charge in [-0.2, -0.15) is 0 Å². The van der Waals surface area contributed by atoms with Crippen molar-refractivity contribution < 1.29 is 9.53 Å². The molecule has 2 heterocycles. The molecule has 8 heteroatoms. The lowest BCUT2D eigenvalue weighted by atomic mass is 10.1. The van der Waals surface area contributed by atoms with Crippen molar-refractivity contribution in [3.63, 3.8) is 0 Å². The number of unbranched alkanes of at least 4 members (excludes halogenated alkanes) is 3. The second kappa shape index (κ2) is 13.9. The Morgan fingerprint density at radius 3 is 2.26 bits per heavy atom. The first-order valence-corrected chi connectivity index (χ1v) is 15.2. The fourth-order valence-corrected chi connectivity index (χ4v) is 6.29. The Labute approximate surface area is 238 Å². The van der Waals surface area contributed by atoms with Crippen molar-refractivity contribution in [2.75, 3.05) is 57.3 Å². The van der Waals surface area contributed by atoms with Crippen LogP contribution in [0.1, 0.15) is 52.9 Å². The Balaban J connectivity index is 1.10. The first-order chi connectivity index (χ1) is 18.3. The van der Waals surface area contributed by atoms with Crippen LogP contribution in [-0.2, 0) is 4.74 Å². The van der Waals surface area contributed by atoms with Crippen LogP contribution >= 0.6 is 23.4 Å². The minimum Gasteiger partial charge on any atom is -0.444 e. The van der Waals surface area contributed by atoms with Crippen LogP contribution in [0.5, 0.6) is 0 Å². The lowest BCUT2D eigenvalue weighted by molar-refractivity contribution is 0.0527. The molecule has 2 aliphatic rings. The van der Waals surface area contributed by atoms with E-state index in [-0.39, 0.29) is 6.09 Å². The van der Waals surface area contributed by atoms with Gasteiger partial charge in [0, 0.05) is 54.1 Å². The molecule has 2 aliphatic heterocycles. The molecule has 0 radical (unpaired) electrons. The number of amides is 1. The van der Waals surface area contributed by atoms with Gasteiger partial charge in [0.1, 0.15) is 5.60 Å². The third kappa shape index (κ3) is 8.80. The highest BCUT2D eigenvalue weighted by Crippen LogP contribution is 2.48. The number of ether oxygens (including phenoxy) is 1. The highest BCUT2D eigenvalue weighted by molar-refractivity contribution is 7.99. The number of para-hydroxylation sites is 1. The lowest BCUT2D eigenvalue weighted by Crippen LogP contribution is -2.47. The molecule has 0 unspecified atom stereocenters. The number of anilines is 2. The van der Waals surface area contributed by atoms with E-state index in [9.17, 15) is 4.79 Å². The molecule has 1 N–H and O–H groups in total. The molecule has 0 bridgehead atoms. The fourth-order valence-electron chi connectivity index (χ4n) is 5.05. The highest BCUT2D eigenvalue weighted by Gasteiger charge is 2.24. The van der Waals surface area contributed by atoms with Gasteiger partial charge in [-0.15, -0.1) is 0 Å². The number of halogens is 1. The van der Waals surface area contributed by atoms with E-state index < -0.39 is 5.60 Å². The second-order valence-corrected chi connectivity index (χ2v) is 12.7. The topological polar surface area (TPSA) is 48.1 Å². The number of rotatable bonds is 11. The summed E-state index contributed by atoms with van der Waals surface area (Å²) in [6, 6.07) is 14.9. The summed E-state index contributed by atoms with van der Waals surface area (Å²) in [5, 5.41) is 3.64. The minimum absolute atomic E-state index is 0.315. The Kier molecular flexibility index (Phi) is 10.6. The summed E-state index contributed by atoms with van der Waals surface area (Å²) in [4.78, 5) is 21.9. The zero-order valence-electron chi connectivity index (χ0n) is 23.2. The number of carbonyl (C=O) groups excluding carboxylic acids is 1. The summed E-state index contributed by atoms with van der Waals surface area (Å²) in [6.07, 6.45) is 5.39. The van der Waals surface area contributed by atoms with Gasteiger partial charge >= 0.3 is 6.09 Å². The van der Waals surface area contributed by atoms with E-state index in [1.165, 1.54) is 40.6 Å². The zero-order chi connectivity index (χ0) is 27.0. The first-order valence-electron chi connectivity index (χ1n) is 14.0. The molecule has 0 aliphatic carbocycles. The summed E-state index contributed by atoms with van der Waals surface area (Å²) < 4.78 is 5.27. The summed E-state index contributed by atoms with van der Waals surface area (Å²) in [5.41, 5.74) is 2.08. The van der Waals surface area contributed by atoms with E-state index >= 15 is 0 Å².